The van der Waals surface area contributed by atoms with Gasteiger partial charge in [-0.1, -0.05) is 6.07 Å². The van der Waals surface area contributed by atoms with Crippen LogP contribution < -0.4 is 15.5 Å². The molecule has 3 heterocycles. The maximum absolute atomic E-state index is 4.63. The Hall–Kier alpha value is -1.91. The van der Waals surface area contributed by atoms with Crippen LogP contribution in [0, 0.1) is 13.8 Å². The minimum Gasteiger partial charge on any atom is -0.356 e. The summed E-state index contributed by atoms with van der Waals surface area (Å²) in [6.45, 7) is 6.57. The predicted molar refractivity (Wildman–Crippen MR) is 119 cm³/mol. The third-order valence-corrected chi connectivity index (χ3v) is 4.85. The van der Waals surface area contributed by atoms with Gasteiger partial charge in [-0.3, -0.25) is 4.99 Å². The summed E-state index contributed by atoms with van der Waals surface area (Å²) < 4.78 is 1.98. The van der Waals surface area contributed by atoms with Gasteiger partial charge in [0.15, 0.2) is 11.8 Å². The number of hydrogen-bond donors (Lipinski definition) is 2. The standard InChI is InChI=1S/C18H28N8.HI/c1-13-6-5-7-16(21-13)26-10-8-15(9-11-26)22-18(19-3)20-12-17-24-23-14(2)25(17)4;/h5-7,15H,8-12H2,1-4H3,(H2,19,20,22);1H. The Morgan fingerprint density at radius 2 is 1.96 bits per heavy atom. The van der Waals surface area contributed by atoms with Crippen molar-refractivity contribution in [3.63, 3.8) is 0 Å². The van der Waals surface area contributed by atoms with Crippen LogP contribution in [0.1, 0.15) is 30.2 Å². The van der Waals surface area contributed by atoms with Gasteiger partial charge in [-0.2, -0.15) is 0 Å². The van der Waals surface area contributed by atoms with Gasteiger partial charge in [-0.15, -0.1) is 34.2 Å². The lowest BCUT2D eigenvalue weighted by atomic mass is 10.1. The van der Waals surface area contributed by atoms with Gasteiger partial charge in [0.05, 0.1) is 6.54 Å². The lowest BCUT2D eigenvalue weighted by molar-refractivity contribution is 0.459. The van der Waals surface area contributed by atoms with Crippen LogP contribution in [-0.4, -0.2) is 51.9 Å². The van der Waals surface area contributed by atoms with E-state index >= 15 is 0 Å². The first-order valence-electron chi connectivity index (χ1n) is 9.07. The third kappa shape index (κ3) is 5.53. The molecule has 0 saturated carbocycles. The summed E-state index contributed by atoms with van der Waals surface area (Å²) in [7, 11) is 3.76. The SMILES string of the molecule is CN=C(NCc1nnc(C)n1C)NC1CCN(c2cccc(C)n2)CC1.I. The topological polar surface area (TPSA) is 83.3 Å². The fourth-order valence-electron chi connectivity index (χ4n) is 3.11. The highest BCUT2D eigenvalue weighted by atomic mass is 127. The minimum absolute atomic E-state index is 0. The number of rotatable bonds is 4. The largest absolute Gasteiger partial charge is 0.356 e. The highest BCUT2D eigenvalue weighted by Gasteiger charge is 2.21. The number of aryl methyl sites for hydroxylation is 2. The zero-order chi connectivity index (χ0) is 18.5. The zero-order valence-electron chi connectivity index (χ0n) is 16.4. The molecule has 1 saturated heterocycles. The van der Waals surface area contributed by atoms with E-state index in [1.165, 1.54) is 0 Å². The third-order valence-electron chi connectivity index (χ3n) is 4.85. The quantitative estimate of drug-likeness (QED) is 0.391. The van der Waals surface area contributed by atoms with Crippen LogP contribution in [0.2, 0.25) is 0 Å². The molecule has 2 aromatic rings. The summed E-state index contributed by atoms with van der Waals surface area (Å²) >= 11 is 0. The second-order valence-corrected chi connectivity index (χ2v) is 6.69. The molecule has 0 amide bonds. The molecule has 1 aliphatic rings. The molecule has 0 radical (unpaired) electrons. The van der Waals surface area contributed by atoms with Gasteiger partial charge in [0.25, 0.3) is 0 Å². The van der Waals surface area contributed by atoms with E-state index in [1.54, 1.807) is 7.05 Å². The van der Waals surface area contributed by atoms with E-state index in [-0.39, 0.29) is 24.0 Å². The fourth-order valence-corrected chi connectivity index (χ4v) is 3.11. The number of piperidine rings is 1. The van der Waals surface area contributed by atoms with Gasteiger partial charge in [0.2, 0.25) is 0 Å². The molecule has 2 aromatic heterocycles. The molecule has 0 bridgehead atoms. The Bertz CT molecular complexity index is 764. The zero-order valence-corrected chi connectivity index (χ0v) is 18.8. The molecule has 0 spiro atoms. The van der Waals surface area contributed by atoms with Crippen LogP contribution in [0.15, 0.2) is 23.2 Å². The number of aromatic nitrogens is 4. The molecule has 8 nitrogen and oxygen atoms in total. The van der Waals surface area contributed by atoms with Crippen molar-refractivity contribution in [3.8, 4) is 0 Å². The summed E-state index contributed by atoms with van der Waals surface area (Å²) in [5.41, 5.74) is 1.06. The van der Waals surface area contributed by atoms with E-state index in [1.807, 2.05) is 31.5 Å². The van der Waals surface area contributed by atoms with Gasteiger partial charge in [-0.25, -0.2) is 4.98 Å². The summed E-state index contributed by atoms with van der Waals surface area (Å²) in [5, 5.41) is 15.1. The average Bonchev–Trinajstić information content (AvgIpc) is 2.97. The molecule has 148 valence electrons. The van der Waals surface area contributed by atoms with Crippen molar-refractivity contribution in [2.24, 2.45) is 12.0 Å². The van der Waals surface area contributed by atoms with Gasteiger partial charge >= 0.3 is 0 Å². The van der Waals surface area contributed by atoms with Gasteiger partial charge in [-0.05, 0) is 38.8 Å². The number of anilines is 1. The summed E-state index contributed by atoms with van der Waals surface area (Å²) in [6.07, 6.45) is 2.11. The monoisotopic (exact) mass is 484 g/mol. The van der Waals surface area contributed by atoms with Crippen LogP contribution in [-0.2, 0) is 13.6 Å². The normalized spacial score (nSPS) is 15.4. The Morgan fingerprint density at radius 1 is 1.22 bits per heavy atom. The maximum Gasteiger partial charge on any atom is 0.191 e. The number of aliphatic imine (C=N–C) groups is 1. The minimum atomic E-state index is 0. The smallest absolute Gasteiger partial charge is 0.191 e. The lowest BCUT2D eigenvalue weighted by Gasteiger charge is -2.34. The number of nitrogens with zero attached hydrogens (tertiary/aromatic N) is 6. The van der Waals surface area contributed by atoms with Crippen LogP contribution >= 0.6 is 24.0 Å². The number of halogens is 1. The molecule has 1 fully saturated rings. The van der Waals surface area contributed by atoms with Crippen molar-refractivity contribution < 1.29 is 0 Å². The van der Waals surface area contributed by atoms with Crippen molar-refractivity contribution in [2.45, 2.75) is 39.3 Å². The van der Waals surface area contributed by atoms with Gasteiger partial charge in [0.1, 0.15) is 11.6 Å². The number of nitrogens with one attached hydrogen (secondary N) is 2. The molecule has 9 heteroatoms. The van der Waals surface area contributed by atoms with Gasteiger partial charge in [0, 0.05) is 38.9 Å². The second kappa shape index (κ2) is 9.86. The summed E-state index contributed by atoms with van der Waals surface area (Å²) in [5.74, 6) is 3.68. The maximum atomic E-state index is 4.63. The molecular formula is C18H29IN8. The van der Waals surface area contributed by atoms with E-state index in [0.717, 1.165) is 55.1 Å². The van der Waals surface area contributed by atoms with E-state index in [2.05, 4.69) is 47.8 Å². The van der Waals surface area contributed by atoms with Crippen molar-refractivity contribution in [1.29, 1.82) is 0 Å². The van der Waals surface area contributed by atoms with Crippen LogP contribution in [0.25, 0.3) is 0 Å². The Morgan fingerprint density at radius 3 is 2.56 bits per heavy atom. The van der Waals surface area contributed by atoms with Crippen molar-refractivity contribution in [1.82, 2.24) is 30.4 Å². The summed E-state index contributed by atoms with van der Waals surface area (Å²) in [6, 6.07) is 6.60. The molecule has 1 aliphatic heterocycles. The van der Waals surface area contributed by atoms with Crippen molar-refractivity contribution >= 4 is 35.8 Å². The van der Waals surface area contributed by atoms with Crippen LogP contribution in [0.5, 0.6) is 0 Å². The summed E-state index contributed by atoms with van der Waals surface area (Å²) in [4.78, 5) is 11.3. The number of hydrogen-bond acceptors (Lipinski definition) is 5. The molecular weight excluding hydrogens is 455 g/mol. The Labute approximate surface area is 177 Å². The predicted octanol–water partition coefficient (Wildman–Crippen LogP) is 1.78. The van der Waals surface area contributed by atoms with Crippen molar-refractivity contribution in [3.05, 3.63) is 35.5 Å². The van der Waals surface area contributed by atoms with Crippen LogP contribution in [0.3, 0.4) is 0 Å². The Kier molecular flexibility index (Phi) is 7.81. The molecule has 0 aliphatic carbocycles. The Balaban J connectivity index is 0.00000261. The van der Waals surface area contributed by atoms with Crippen LogP contribution in [0.4, 0.5) is 5.82 Å². The lowest BCUT2D eigenvalue weighted by Crippen LogP contribution is -2.48. The highest BCUT2D eigenvalue weighted by Crippen LogP contribution is 2.18. The first-order chi connectivity index (χ1) is 12.6. The highest BCUT2D eigenvalue weighted by molar-refractivity contribution is 14.0. The molecule has 0 unspecified atom stereocenters. The van der Waals surface area contributed by atoms with Crippen molar-refractivity contribution in [2.75, 3.05) is 25.0 Å². The number of pyridine rings is 1. The van der Waals surface area contributed by atoms with Gasteiger partial charge < -0.3 is 20.1 Å². The second-order valence-electron chi connectivity index (χ2n) is 6.69. The average molecular weight is 484 g/mol. The molecule has 27 heavy (non-hydrogen) atoms. The fraction of sp³-hybridized carbons (Fsp3) is 0.556. The number of guanidine groups is 1. The molecule has 0 atom stereocenters. The van der Waals surface area contributed by atoms with E-state index in [4.69, 9.17) is 0 Å². The van der Waals surface area contributed by atoms with E-state index in [9.17, 15) is 0 Å². The van der Waals surface area contributed by atoms with E-state index in [0.29, 0.717) is 12.6 Å². The van der Waals surface area contributed by atoms with E-state index < -0.39 is 0 Å². The molecule has 0 aromatic carbocycles. The first kappa shape index (κ1) is 21.4. The molecule has 2 N–H and O–H groups in total. The first-order valence-corrected chi connectivity index (χ1v) is 9.07. The molecule has 3 rings (SSSR count).